The number of alkyl halides is 2. The molecule has 0 aliphatic rings. The Morgan fingerprint density at radius 1 is 1.44 bits per heavy atom. The molecule has 0 aromatic carbocycles. The van der Waals surface area contributed by atoms with Crippen molar-refractivity contribution in [1.29, 1.82) is 0 Å². The van der Waals surface area contributed by atoms with Crippen molar-refractivity contribution in [2.45, 2.75) is 39.2 Å². The van der Waals surface area contributed by atoms with Crippen LogP contribution in [-0.2, 0) is 11.2 Å². The molecular weight excluding hydrogens is 244 g/mol. The molecule has 0 saturated carbocycles. The highest BCUT2D eigenvalue weighted by atomic mass is 19.3. The molecule has 0 aliphatic carbocycles. The van der Waals surface area contributed by atoms with Crippen molar-refractivity contribution in [2.24, 2.45) is 0 Å². The summed E-state index contributed by atoms with van der Waals surface area (Å²) in [5.74, 6) is 0.983. The third-order valence-electron chi connectivity index (χ3n) is 2.27. The smallest absolute Gasteiger partial charge is 0.261 e. The van der Waals surface area contributed by atoms with E-state index in [-0.39, 0.29) is 12.6 Å². The fourth-order valence-electron chi connectivity index (χ4n) is 1.33. The molecule has 5 nitrogen and oxygen atoms in total. The van der Waals surface area contributed by atoms with Crippen molar-refractivity contribution in [3.8, 4) is 0 Å². The second-order valence-corrected chi connectivity index (χ2v) is 3.94. The van der Waals surface area contributed by atoms with Gasteiger partial charge in [-0.3, -0.25) is 0 Å². The summed E-state index contributed by atoms with van der Waals surface area (Å²) < 4.78 is 33.4. The van der Waals surface area contributed by atoms with Crippen molar-refractivity contribution in [3.63, 3.8) is 0 Å². The molecule has 1 N–H and O–H groups in total. The van der Waals surface area contributed by atoms with Crippen LogP contribution < -0.4 is 5.32 Å². The lowest BCUT2D eigenvalue weighted by Crippen LogP contribution is -2.19. The number of nitrogens with one attached hydrogen (secondary N) is 1. The molecule has 1 atom stereocenters. The minimum Gasteiger partial charge on any atom is -0.375 e. The number of hydrogen-bond acceptors (Lipinski definition) is 5. The van der Waals surface area contributed by atoms with E-state index in [1.165, 1.54) is 0 Å². The average molecular weight is 263 g/mol. The van der Waals surface area contributed by atoms with E-state index in [1.807, 2.05) is 6.92 Å². The van der Waals surface area contributed by atoms with Crippen molar-refractivity contribution in [2.75, 3.05) is 19.8 Å². The van der Waals surface area contributed by atoms with Crippen LogP contribution >= 0.6 is 0 Å². The molecule has 0 amide bonds. The molecule has 0 saturated heterocycles. The van der Waals surface area contributed by atoms with E-state index >= 15 is 0 Å². The molecular formula is C11H19F2N3O2. The van der Waals surface area contributed by atoms with Crippen LogP contribution in [0.3, 0.4) is 0 Å². The maximum absolute atomic E-state index is 11.8. The molecule has 1 unspecified atom stereocenters. The molecule has 0 fully saturated rings. The number of aromatic nitrogens is 2. The van der Waals surface area contributed by atoms with Gasteiger partial charge in [-0.05, 0) is 19.9 Å². The summed E-state index contributed by atoms with van der Waals surface area (Å²) in [5.41, 5.74) is 0. The minimum absolute atomic E-state index is 0.00631. The van der Waals surface area contributed by atoms with E-state index in [1.54, 1.807) is 0 Å². The predicted octanol–water partition coefficient (Wildman–Crippen LogP) is 1.95. The Balaban J connectivity index is 2.29. The predicted molar refractivity (Wildman–Crippen MR) is 61.5 cm³/mol. The summed E-state index contributed by atoms with van der Waals surface area (Å²) in [4.78, 5) is 4.17. The lowest BCUT2D eigenvalue weighted by atomic mass is 10.3. The summed E-state index contributed by atoms with van der Waals surface area (Å²) in [6.07, 6.45) is -1.05. The molecule has 104 valence electrons. The van der Waals surface area contributed by atoms with Gasteiger partial charge >= 0.3 is 0 Å². The van der Waals surface area contributed by atoms with Crippen LogP contribution in [0.1, 0.15) is 38.0 Å². The van der Waals surface area contributed by atoms with Crippen LogP contribution in [0.15, 0.2) is 4.52 Å². The van der Waals surface area contributed by atoms with Crippen molar-refractivity contribution in [1.82, 2.24) is 15.5 Å². The van der Waals surface area contributed by atoms with Gasteiger partial charge in [0.05, 0.1) is 12.6 Å². The monoisotopic (exact) mass is 263 g/mol. The van der Waals surface area contributed by atoms with Crippen LogP contribution in [0.5, 0.6) is 0 Å². The van der Waals surface area contributed by atoms with Gasteiger partial charge in [-0.1, -0.05) is 12.1 Å². The quantitative estimate of drug-likeness (QED) is 0.690. The Morgan fingerprint density at radius 3 is 2.89 bits per heavy atom. The minimum atomic E-state index is -2.44. The molecule has 18 heavy (non-hydrogen) atoms. The molecule has 1 heterocycles. The van der Waals surface area contributed by atoms with Crippen LogP contribution in [0, 0.1) is 0 Å². The molecule has 1 aromatic rings. The van der Waals surface area contributed by atoms with Gasteiger partial charge in [-0.15, -0.1) is 0 Å². The van der Waals surface area contributed by atoms with Gasteiger partial charge in [0.2, 0.25) is 5.89 Å². The van der Waals surface area contributed by atoms with Crippen molar-refractivity contribution >= 4 is 0 Å². The first-order valence-electron chi connectivity index (χ1n) is 6.05. The Bertz CT molecular complexity index is 334. The van der Waals surface area contributed by atoms with Crippen molar-refractivity contribution < 1.29 is 18.0 Å². The Kier molecular flexibility index (Phi) is 6.74. The summed E-state index contributed by atoms with van der Waals surface area (Å²) >= 11 is 0. The molecule has 0 radical (unpaired) electrons. The molecule has 0 spiro atoms. The van der Waals surface area contributed by atoms with E-state index in [9.17, 15) is 8.78 Å². The zero-order valence-electron chi connectivity index (χ0n) is 10.7. The van der Waals surface area contributed by atoms with E-state index in [2.05, 4.69) is 22.4 Å². The fraction of sp³-hybridized carbons (Fsp3) is 0.818. The highest BCUT2D eigenvalue weighted by Gasteiger charge is 2.13. The lowest BCUT2D eigenvalue weighted by Gasteiger charge is -2.06. The van der Waals surface area contributed by atoms with Gasteiger partial charge in [0, 0.05) is 6.42 Å². The van der Waals surface area contributed by atoms with E-state index in [0.717, 1.165) is 13.0 Å². The molecule has 0 bridgehead atoms. The number of rotatable bonds is 9. The zero-order valence-corrected chi connectivity index (χ0v) is 10.7. The van der Waals surface area contributed by atoms with E-state index in [0.29, 0.717) is 18.1 Å². The Hall–Kier alpha value is -1.08. The van der Waals surface area contributed by atoms with Gasteiger partial charge in [0.25, 0.3) is 6.43 Å². The molecule has 1 aromatic heterocycles. The van der Waals surface area contributed by atoms with Gasteiger partial charge in [0.1, 0.15) is 6.61 Å². The second kappa shape index (κ2) is 8.10. The highest BCUT2D eigenvalue weighted by Crippen LogP contribution is 2.09. The van der Waals surface area contributed by atoms with Crippen LogP contribution in [-0.4, -0.2) is 36.3 Å². The maximum atomic E-state index is 11.8. The van der Waals surface area contributed by atoms with E-state index < -0.39 is 13.0 Å². The first-order chi connectivity index (χ1) is 8.63. The highest BCUT2D eigenvalue weighted by molar-refractivity contribution is 4.91. The number of hydrogen-bond donors (Lipinski definition) is 1. The third kappa shape index (κ3) is 5.50. The summed E-state index contributed by atoms with van der Waals surface area (Å²) in [5, 5.41) is 6.99. The van der Waals surface area contributed by atoms with E-state index in [4.69, 9.17) is 9.26 Å². The number of halogens is 2. The zero-order chi connectivity index (χ0) is 13.4. The largest absolute Gasteiger partial charge is 0.375 e. The first kappa shape index (κ1) is 15.0. The maximum Gasteiger partial charge on any atom is 0.261 e. The normalized spacial score (nSPS) is 13.2. The van der Waals surface area contributed by atoms with Crippen molar-refractivity contribution in [3.05, 3.63) is 11.7 Å². The molecule has 7 heteroatoms. The lowest BCUT2D eigenvalue weighted by molar-refractivity contribution is 0.0182. The fourth-order valence-corrected chi connectivity index (χ4v) is 1.33. The number of ether oxygens (including phenoxy) is 1. The van der Waals surface area contributed by atoms with Gasteiger partial charge < -0.3 is 14.6 Å². The summed E-state index contributed by atoms with van der Waals surface area (Å²) in [7, 11) is 0. The summed E-state index contributed by atoms with van der Waals surface area (Å²) in [6.45, 7) is 4.48. The SMILES string of the molecule is CCCNC(C)c1nc(CCOCC(F)F)no1. The molecule has 1 rings (SSSR count). The van der Waals surface area contributed by atoms with Gasteiger partial charge in [0.15, 0.2) is 5.82 Å². The van der Waals surface area contributed by atoms with Gasteiger partial charge in [-0.2, -0.15) is 4.98 Å². The number of nitrogens with zero attached hydrogens (tertiary/aromatic N) is 2. The average Bonchev–Trinajstić information content (AvgIpc) is 2.80. The topological polar surface area (TPSA) is 60.2 Å². The first-order valence-corrected chi connectivity index (χ1v) is 6.05. The summed E-state index contributed by atoms with van der Waals surface area (Å²) in [6, 6.07) is -0.00631. The van der Waals surface area contributed by atoms with Crippen LogP contribution in [0.4, 0.5) is 8.78 Å². The Labute approximate surface area is 105 Å². The van der Waals surface area contributed by atoms with Gasteiger partial charge in [-0.25, -0.2) is 8.78 Å². The molecule has 0 aliphatic heterocycles. The van der Waals surface area contributed by atoms with Crippen LogP contribution in [0.25, 0.3) is 0 Å². The Morgan fingerprint density at radius 2 is 2.22 bits per heavy atom. The third-order valence-corrected chi connectivity index (χ3v) is 2.27. The second-order valence-electron chi connectivity index (χ2n) is 3.94. The standard InChI is InChI=1S/C11H19F2N3O2/c1-3-5-14-8(2)11-15-10(16-18-11)4-6-17-7-9(12)13/h8-9,14H,3-7H2,1-2H3. The van der Waals surface area contributed by atoms with Crippen LogP contribution in [0.2, 0.25) is 0 Å².